The Morgan fingerprint density at radius 3 is 1.81 bits per heavy atom. The monoisotopic (exact) mass is 712 g/mol. The molecule has 1 aromatic rings. The molecule has 0 spiro atoms. The van der Waals surface area contributed by atoms with Gasteiger partial charge < -0.3 is 4.74 Å². The number of allylic oxidation sites excluding steroid dienone is 6. The molecule has 1 aromatic carbocycles. The van der Waals surface area contributed by atoms with E-state index in [-0.39, 0.29) is 11.4 Å². The van der Waals surface area contributed by atoms with Crippen LogP contribution in [0.3, 0.4) is 0 Å². The number of rotatable bonds is 5. The first-order valence-electron chi connectivity index (χ1n) is 24.0. The summed E-state index contributed by atoms with van der Waals surface area (Å²) in [6.07, 6.45) is 21.0. The minimum atomic E-state index is 0.00620. The van der Waals surface area contributed by atoms with Crippen molar-refractivity contribution >= 4 is 5.97 Å². The third kappa shape index (κ3) is 2.40. The molecule has 0 N–H and O–H groups in total. The summed E-state index contributed by atoms with van der Waals surface area (Å²) in [5.41, 5.74) is 6.47. The lowest BCUT2D eigenvalue weighted by molar-refractivity contribution is -0.147. The number of methoxy groups -OCH3 is 1. The first-order valence-corrected chi connectivity index (χ1v) is 24.0. The lowest BCUT2D eigenvalue weighted by atomic mass is 9.43. The van der Waals surface area contributed by atoms with Gasteiger partial charge in [0.25, 0.3) is 0 Å². The van der Waals surface area contributed by atoms with Gasteiger partial charge in [0.15, 0.2) is 0 Å². The number of carbonyl (C=O) groups is 1. The highest BCUT2D eigenvalue weighted by atomic mass is 16.5. The number of esters is 1. The van der Waals surface area contributed by atoms with E-state index in [1.54, 1.807) is 38.4 Å². The second-order valence-electron chi connectivity index (χ2n) is 24.0. The summed E-state index contributed by atoms with van der Waals surface area (Å²) in [4.78, 5) is 12.7. The van der Waals surface area contributed by atoms with Crippen LogP contribution in [0, 0.1) is 178 Å². The van der Waals surface area contributed by atoms with Gasteiger partial charge in [-0.25, -0.2) is 0 Å². The molecule has 0 aromatic heterocycles. The Hall–Kier alpha value is -2.09. The van der Waals surface area contributed by atoms with Gasteiger partial charge in [-0.1, -0.05) is 65.8 Å². The minimum absolute atomic E-state index is 0.00620. The highest BCUT2D eigenvalue weighted by molar-refractivity contribution is 5.69. The Kier molecular flexibility index (Phi) is 4.40. The molecule has 17 aliphatic carbocycles. The molecule has 13 fully saturated rings. The van der Waals surface area contributed by atoms with Gasteiger partial charge in [0.2, 0.25) is 0 Å². The van der Waals surface area contributed by atoms with Crippen LogP contribution < -0.4 is 0 Å². The maximum atomic E-state index is 12.7. The number of carbonyl (C=O) groups excluding carboxylic acids is 1. The first kappa shape index (κ1) is 28.3. The zero-order valence-electron chi connectivity index (χ0n) is 31.8. The predicted molar refractivity (Wildman–Crippen MR) is 202 cm³/mol. The molecule has 0 radical (unpaired) electrons. The van der Waals surface area contributed by atoms with E-state index in [4.69, 9.17) is 4.74 Å². The van der Waals surface area contributed by atoms with Crippen molar-refractivity contribution in [2.45, 2.75) is 50.4 Å². The maximum absolute atomic E-state index is 12.7. The highest BCUT2D eigenvalue weighted by Gasteiger charge is 2.90. The van der Waals surface area contributed by atoms with E-state index in [1.165, 1.54) is 6.42 Å². The standard InChI is InChI=1S/C52H56O2/c1-54-27(53)8-5-17-52(18-6-3-2-4-7-18)50-36-25-15-13-23-21-11-9-19-20-10-12-22-24-14-16-26-35-33(24)40-31(22)29(20)38-28(19)30(21)39-32(23)34(25)41-43(36)44(37(26)51(50)52)42(35)49-47(40)45(38)46(39)48(41)49/h2-4,6-7,9,11,13,15,19-26,28-38,40-45,47-51H,5,8,10,12,14,16-17H2,1H3. The summed E-state index contributed by atoms with van der Waals surface area (Å²) in [5.74, 6) is 29.6. The Bertz CT molecular complexity index is 2130. The van der Waals surface area contributed by atoms with Gasteiger partial charge in [-0.3, -0.25) is 4.79 Å². The average Bonchev–Trinajstić information content (AvgIpc) is 3.81. The van der Waals surface area contributed by atoms with Gasteiger partial charge in [0.05, 0.1) is 7.11 Å². The van der Waals surface area contributed by atoms with Gasteiger partial charge in [-0.15, -0.1) is 0 Å². The fourth-order valence-electron chi connectivity index (χ4n) is 26.1. The van der Waals surface area contributed by atoms with E-state index in [2.05, 4.69) is 65.8 Å². The largest absolute Gasteiger partial charge is 0.469 e. The summed E-state index contributed by atoms with van der Waals surface area (Å²) < 4.78 is 5.29. The number of fused-ring (bicyclic) bond motifs is 8. The van der Waals surface area contributed by atoms with E-state index >= 15 is 0 Å². The maximum Gasteiger partial charge on any atom is 0.305 e. The van der Waals surface area contributed by atoms with E-state index < -0.39 is 0 Å². The van der Waals surface area contributed by atoms with Crippen LogP contribution in [0.25, 0.3) is 0 Å². The van der Waals surface area contributed by atoms with Crippen LogP contribution in [0.5, 0.6) is 0 Å². The zero-order valence-corrected chi connectivity index (χ0v) is 31.8. The second kappa shape index (κ2) is 8.39. The van der Waals surface area contributed by atoms with Crippen molar-refractivity contribution in [1.29, 1.82) is 0 Å². The van der Waals surface area contributed by atoms with Crippen LogP contribution in [0.15, 0.2) is 65.8 Å². The fraction of sp³-hybridized carbons (Fsp3) is 0.750. The number of ether oxygens (including phenoxy) is 1. The fourth-order valence-corrected chi connectivity index (χ4v) is 26.1. The van der Waals surface area contributed by atoms with Crippen LogP contribution in [-0.4, -0.2) is 13.1 Å². The van der Waals surface area contributed by atoms with Gasteiger partial charge in [0.1, 0.15) is 0 Å². The quantitative estimate of drug-likeness (QED) is 0.225. The lowest BCUT2D eigenvalue weighted by Gasteiger charge is -2.61. The van der Waals surface area contributed by atoms with Crippen LogP contribution in [0.1, 0.15) is 50.5 Å². The number of hydrogen-bond acceptors (Lipinski definition) is 2. The van der Waals surface area contributed by atoms with Crippen molar-refractivity contribution in [3.8, 4) is 0 Å². The van der Waals surface area contributed by atoms with Gasteiger partial charge in [0, 0.05) is 11.8 Å². The molecule has 0 bridgehead atoms. The summed E-state index contributed by atoms with van der Waals surface area (Å²) >= 11 is 0. The Morgan fingerprint density at radius 1 is 0.537 bits per heavy atom. The molecule has 31 unspecified atom stereocenters. The van der Waals surface area contributed by atoms with Crippen molar-refractivity contribution in [2.24, 2.45) is 178 Å². The van der Waals surface area contributed by atoms with Gasteiger partial charge in [-0.2, -0.15) is 0 Å². The Balaban J connectivity index is 0.931. The van der Waals surface area contributed by atoms with Crippen molar-refractivity contribution in [2.75, 3.05) is 7.11 Å². The third-order valence-electron chi connectivity index (χ3n) is 25.1. The molecule has 2 heteroatoms. The highest BCUT2D eigenvalue weighted by Crippen LogP contribution is 2.94. The smallest absolute Gasteiger partial charge is 0.305 e. The zero-order chi connectivity index (χ0) is 34.2. The SMILES string of the molecule is COC(=O)CCCC1(c2ccccc2)C2C3C4C=CC5C6C=CC7C8CCC9C%10CCC%11C%12C%10C%10C9C8C8C9C%13=C(C6C78)C5C4C4C%13C(C9%10)C%12C(C43)C%11C21. The van der Waals surface area contributed by atoms with Crippen molar-refractivity contribution < 1.29 is 9.53 Å². The molecule has 13 saturated carbocycles. The number of benzene rings is 1. The first-order chi connectivity index (χ1) is 26.7. The lowest BCUT2D eigenvalue weighted by Crippen LogP contribution is -2.58. The molecule has 0 heterocycles. The normalized spacial score (nSPS) is 70.2. The Labute approximate surface area is 320 Å². The molecule has 54 heavy (non-hydrogen) atoms. The molecule has 0 aliphatic heterocycles. The van der Waals surface area contributed by atoms with Crippen molar-refractivity contribution in [1.82, 2.24) is 0 Å². The average molecular weight is 713 g/mol. The summed E-state index contributed by atoms with van der Waals surface area (Å²) in [6, 6.07) is 12.2. The molecule has 276 valence electrons. The summed E-state index contributed by atoms with van der Waals surface area (Å²) in [7, 11) is 1.60. The molecule has 2 nitrogen and oxygen atoms in total. The molecule has 0 saturated heterocycles. The van der Waals surface area contributed by atoms with E-state index in [9.17, 15) is 4.79 Å². The molecule has 17 aliphatic rings. The van der Waals surface area contributed by atoms with Crippen LogP contribution >= 0.6 is 0 Å². The van der Waals surface area contributed by atoms with E-state index in [0.717, 1.165) is 184 Å². The molecular formula is C52H56O2. The van der Waals surface area contributed by atoms with E-state index in [0.29, 0.717) is 6.42 Å². The number of hydrogen-bond donors (Lipinski definition) is 0. The van der Waals surface area contributed by atoms with Gasteiger partial charge in [-0.05, 0) is 222 Å². The predicted octanol–water partition coefficient (Wildman–Crippen LogP) is 8.95. The molecule has 31 atom stereocenters. The van der Waals surface area contributed by atoms with Crippen molar-refractivity contribution in [3.63, 3.8) is 0 Å². The topological polar surface area (TPSA) is 26.3 Å². The van der Waals surface area contributed by atoms with Crippen LogP contribution in [0.2, 0.25) is 0 Å². The van der Waals surface area contributed by atoms with Crippen LogP contribution in [0.4, 0.5) is 0 Å². The minimum Gasteiger partial charge on any atom is -0.469 e. The van der Waals surface area contributed by atoms with Crippen molar-refractivity contribution in [3.05, 3.63) is 71.3 Å². The van der Waals surface area contributed by atoms with Crippen LogP contribution in [-0.2, 0) is 14.9 Å². The third-order valence-corrected chi connectivity index (χ3v) is 25.1. The summed E-state index contributed by atoms with van der Waals surface area (Å²) in [6.45, 7) is 0. The molecule has 0 amide bonds. The molecule has 18 rings (SSSR count). The molecular weight excluding hydrogens is 657 g/mol. The summed E-state index contributed by atoms with van der Waals surface area (Å²) in [5, 5.41) is 0. The Morgan fingerprint density at radius 2 is 1.06 bits per heavy atom. The van der Waals surface area contributed by atoms with E-state index in [1.807, 2.05) is 0 Å². The van der Waals surface area contributed by atoms with Gasteiger partial charge >= 0.3 is 5.97 Å². The second-order valence-corrected chi connectivity index (χ2v) is 24.0.